The van der Waals surface area contributed by atoms with Crippen molar-refractivity contribution < 1.29 is 9.18 Å². The number of anilines is 1. The second kappa shape index (κ2) is 7.60. The van der Waals surface area contributed by atoms with Gasteiger partial charge in [0.2, 0.25) is 5.91 Å². The zero-order valence-corrected chi connectivity index (χ0v) is 11.1. The van der Waals surface area contributed by atoms with E-state index in [9.17, 15) is 9.18 Å². The minimum atomic E-state index is -0.442. The van der Waals surface area contributed by atoms with Crippen molar-refractivity contribution in [1.29, 1.82) is 0 Å². The predicted molar refractivity (Wildman–Crippen MR) is 68.5 cm³/mol. The Kier molecular flexibility index (Phi) is 7.29. The highest BCUT2D eigenvalue weighted by Crippen LogP contribution is 2.19. The van der Waals surface area contributed by atoms with Crippen LogP contribution in [0, 0.1) is 5.82 Å². The minimum absolute atomic E-state index is 0. The van der Waals surface area contributed by atoms with Gasteiger partial charge in [-0.05, 0) is 25.2 Å². The molecule has 0 atom stereocenters. The summed E-state index contributed by atoms with van der Waals surface area (Å²) in [5.74, 6) is -0.646. The van der Waals surface area contributed by atoms with Gasteiger partial charge >= 0.3 is 0 Å². The van der Waals surface area contributed by atoms with Crippen LogP contribution in [-0.4, -0.2) is 19.5 Å². The topological polar surface area (TPSA) is 41.1 Å². The molecular formula is C10H13BrClFN2O. The Morgan fingerprint density at radius 3 is 2.75 bits per heavy atom. The molecule has 2 N–H and O–H groups in total. The van der Waals surface area contributed by atoms with Crippen molar-refractivity contribution in [3.8, 4) is 0 Å². The molecule has 1 aromatic carbocycles. The molecule has 1 rings (SSSR count). The number of carbonyl (C=O) groups is 1. The first-order valence-corrected chi connectivity index (χ1v) is 5.32. The molecule has 1 amide bonds. The lowest BCUT2D eigenvalue weighted by Crippen LogP contribution is -2.19. The molecule has 0 heterocycles. The van der Waals surface area contributed by atoms with Gasteiger partial charge in [-0.3, -0.25) is 4.79 Å². The fraction of sp³-hybridized carbons (Fsp3) is 0.300. The van der Waals surface area contributed by atoms with E-state index in [-0.39, 0.29) is 24.0 Å². The van der Waals surface area contributed by atoms with Gasteiger partial charge in [0, 0.05) is 17.4 Å². The van der Waals surface area contributed by atoms with E-state index >= 15 is 0 Å². The molecule has 0 aromatic heterocycles. The van der Waals surface area contributed by atoms with Crippen LogP contribution in [0.5, 0.6) is 0 Å². The molecule has 0 saturated heterocycles. The van der Waals surface area contributed by atoms with Crippen molar-refractivity contribution in [3.05, 3.63) is 28.5 Å². The summed E-state index contributed by atoms with van der Waals surface area (Å²) in [7, 11) is 1.76. The van der Waals surface area contributed by atoms with Gasteiger partial charge in [0.05, 0.1) is 5.69 Å². The van der Waals surface area contributed by atoms with Gasteiger partial charge in [-0.2, -0.15) is 0 Å². The lowest BCUT2D eigenvalue weighted by atomic mass is 10.3. The zero-order valence-electron chi connectivity index (χ0n) is 8.72. The average Bonchev–Trinajstić information content (AvgIpc) is 2.19. The number of hydrogen-bond donors (Lipinski definition) is 2. The van der Waals surface area contributed by atoms with Crippen molar-refractivity contribution in [3.63, 3.8) is 0 Å². The molecule has 1 aromatic rings. The van der Waals surface area contributed by atoms with Crippen LogP contribution in [0.25, 0.3) is 0 Å². The summed E-state index contributed by atoms with van der Waals surface area (Å²) < 4.78 is 13.9. The van der Waals surface area contributed by atoms with Gasteiger partial charge in [0.1, 0.15) is 5.82 Å². The molecule has 0 aliphatic heterocycles. The van der Waals surface area contributed by atoms with Crippen LogP contribution in [0.2, 0.25) is 0 Å². The lowest BCUT2D eigenvalue weighted by molar-refractivity contribution is -0.116. The first-order chi connectivity index (χ1) is 7.13. The van der Waals surface area contributed by atoms with Crippen LogP contribution in [-0.2, 0) is 4.79 Å². The molecule has 16 heavy (non-hydrogen) atoms. The Hall–Kier alpha value is -0.650. The van der Waals surface area contributed by atoms with Gasteiger partial charge in [-0.1, -0.05) is 15.9 Å². The Balaban J connectivity index is 0.00000225. The number of amides is 1. The van der Waals surface area contributed by atoms with Crippen LogP contribution in [0.1, 0.15) is 6.42 Å². The quantitative estimate of drug-likeness (QED) is 0.897. The normalized spacial score (nSPS) is 9.44. The smallest absolute Gasteiger partial charge is 0.225 e. The molecule has 90 valence electrons. The van der Waals surface area contributed by atoms with Gasteiger partial charge in [-0.25, -0.2) is 4.39 Å². The SMILES string of the molecule is CNCCC(=O)Nc1ccc(Br)cc1F.Cl. The third-order valence-electron chi connectivity index (χ3n) is 1.81. The van der Waals surface area contributed by atoms with Gasteiger partial charge in [0.25, 0.3) is 0 Å². The summed E-state index contributed by atoms with van der Waals surface area (Å²) in [6.45, 7) is 0.573. The number of rotatable bonds is 4. The van der Waals surface area contributed by atoms with Crippen molar-refractivity contribution in [2.75, 3.05) is 18.9 Å². The van der Waals surface area contributed by atoms with E-state index in [2.05, 4.69) is 26.6 Å². The van der Waals surface area contributed by atoms with Crippen molar-refractivity contribution in [1.82, 2.24) is 5.32 Å². The van der Waals surface area contributed by atoms with E-state index in [1.807, 2.05) is 0 Å². The maximum Gasteiger partial charge on any atom is 0.225 e. The third-order valence-corrected chi connectivity index (χ3v) is 2.30. The van der Waals surface area contributed by atoms with E-state index in [0.29, 0.717) is 17.4 Å². The number of hydrogen-bond acceptors (Lipinski definition) is 2. The van der Waals surface area contributed by atoms with E-state index in [4.69, 9.17) is 0 Å². The van der Waals surface area contributed by atoms with Crippen molar-refractivity contribution >= 4 is 39.9 Å². The molecule has 3 nitrogen and oxygen atoms in total. The van der Waals surface area contributed by atoms with Crippen LogP contribution < -0.4 is 10.6 Å². The van der Waals surface area contributed by atoms with E-state index in [1.54, 1.807) is 13.1 Å². The monoisotopic (exact) mass is 310 g/mol. The summed E-state index contributed by atoms with van der Waals surface area (Å²) in [6.07, 6.45) is 0.325. The number of nitrogens with one attached hydrogen (secondary N) is 2. The fourth-order valence-corrected chi connectivity index (χ4v) is 1.38. The first-order valence-electron chi connectivity index (χ1n) is 4.53. The molecule has 0 aliphatic rings. The van der Waals surface area contributed by atoms with E-state index < -0.39 is 5.82 Å². The lowest BCUT2D eigenvalue weighted by Gasteiger charge is -2.06. The Labute approximate surface area is 108 Å². The second-order valence-corrected chi connectivity index (χ2v) is 3.94. The number of benzene rings is 1. The van der Waals surface area contributed by atoms with Gasteiger partial charge in [0.15, 0.2) is 0 Å². The third kappa shape index (κ3) is 4.92. The summed E-state index contributed by atoms with van der Waals surface area (Å²) in [4.78, 5) is 11.3. The molecule has 0 bridgehead atoms. The van der Waals surface area contributed by atoms with Crippen LogP contribution in [0.15, 0.2) is 22.7 Å². The van der Waals surface area contributed by atoms with Crippen LogP contribution in [0.3, 0.4) is 0 Å². The maximum absolute atomic E-state index is 13.3. The van der Waals surface area contributed by atoms with E-state index in [0.717, 1.165) is 0 Å². The maximum atomic E-state index is 13.3. The molecule has 6 heteroatoms. The number of halogens is 3. The van der Waals surface area contributed by atoms with Gasteiger partial charge < -0.3 is 10.6 Å². The summed E-state index contributed by atoms with van der Waals surface area (Å²) in [5.41, 5.74) is 0.208. The molecule has 0 aliphatic carbocycles. The average molecular weight is 312 g/mol. The molecular weight excluding hydrogens is 298 g/mol. The number of carbonyl (C=O) groups excluding carboxylic acids is 1. The fourth-order valence-electron chi connectivity index (χ4n) is 1.04. The molecule has 0 fully saturated rings. The molecule has 0 radical (unpaired) electrons. The van der Waals surface area contributed by atoms with Crippen LogP contribution >= 0.6 is 28.3 Å². The highest BCUT2D eigenvalue weighted by atomic mass is 79.9. The predicted octanol–water partition coefficient (Wildman–Crippen LogP) is 2.56. The van der Waals surface area contributed by atoms with Crippen LogP contribution in [0.4, 0.5) is 10.1 Å². The molecule has 0 spiro atoms. The summed E-state index contributed by atoms with van der Waals surface area (Å²) >= 11 is 3.14. The zero-order chi connectivity index (χ0) is 11.3. The highest BCUT2D eigenvalue weighted by Gasteiger charge is 2.06. The summed E-state index contributed by atoms with van der Waals surface area (Å²) in [5, 5.41) is 5.34. The summed E-state index contributed by atoms with van der Waals surface area (Å²) in [6, 6.07) is 4.52. The minimum Gasteiger partial charge on any atom is -0.324 e. The van der Waals surface area contributed by atoms with Crippen molar-refractivity contribution in [2.24, 2.45) is 0 Å². The molecule has 0 unspecified atom stereocenters. The Morgan fingerprint density at radius 1 is 1.50 bits per heavy atom. The van der Waals surface area contributed by atoms with E-state index in [1.165, 1.54) is 12.1 Å². The van der Waals surface area contributed by atoms with Gasteiger partial charge in [-0.15, -0.1) is 12.4 Å². The largest absolute Gasteiger partial charge is 0.324 e. The van der Waals surface area contributed by atoms with Crippen molar-refractivity contribution in [2.45, 2.75) is 6.42 Å². The Bertz CT molecular complexity index is 363. The highest BCUT2D eigenvalue weighted by molar-refractivity contribution is 9.10. The first kappa shape index (κ1) is 15.3. The Morgan fingerprint density at radius 2 is 2.19 bits per heavy atom. The molecule has 0 saturated carbocycles. The standard InChI is InChI=1S/C10H12BrFN2O.ClH/c1-13-5-4-10(15)14-9-3-2-7(11)6-8(9)12;/h2-3,6,13H,4-5H2,1H3,(H,14,15);1H. The second-order valence-electron chi connectivity index (χ2n) is 3.03.